The number of halogens is 1. The molecule has 0 aromatic carbocycles. The molecule has 0 saturated carbocycles. The third kappa shape index (κ3) is 2.31. The molecule has 1 unspecified atom stereocenters. The van der Waals surface area contributed by atoms with Crippen molar-refractivity contribution in [3.8, 4) is 0 Å². The van der Waals surface area contributed by atoms with Crippen LogP contribution in [0, 0.1) is 0 Å². The molecule has 5 heteroatoms. The van der Waals surface area contributed by atoms with Crippen LogP contribution in [0.3, 0.4) is 0 Å². The van der Waals surface area contributed by atoms with E-state index >= 15 is 0 Å². The largest absolute Gasteiger partial charge is 0.355 e. The molecule has 3 heterocycles. The Labute approximate surface area is 113 Å². The lowest BCUT2D eigenvalue weighted by molar-refractivity contribution is 0.273. The Balaban J connectivity index is 1.82. The van der Waals surface area contributed by atoms with Crippen LogP contribution in [-0.2, 0) is 5.88 Å². The van der Waals surface area contributed by atoms with Crippen LogP contribution in [0.5, 0.6) is 0 Å². The van der Waals surface area contributed by atoms with Gasteiger partial charge in [0.1, 0.15) is 12.1 Å². The van der Waals surface area contributed by atoms with Crippen molar-refractivity contribution in [3.63, 3.8) is 0 Å². The summed E-state index contributed by atoms with van der Waals surface area (Å²) in [6.07, 6.45) is 7.33. The molecule has 1 atom stereocenters. The van der Waals surface area contributed by atoms with E-state index < -0.39 is 0 Å². The predicted molar refractivity (Wildman–Crippen MR) is 73.0 cm³/mol. The number of alkyl halides is 1. The van der Waals surface area contributed by atoms with Crippen LogP contribution in [0.15, 0.2) is 12.5 Å². The highest BCUT2D eigenvalue weighted by Gasteiger charge is 2.29. The lowest BCUT2D eigenvalue weighted by Crippen LogP contribution is -2.37. The minimum atomic E-state index is 0.487. The Morgan fingerprint density at radius 3 is 3.06 bits per heavy atom. The molecule has 0 aliphatic carbocycles. The number of nitrogens with zero attached hydrogens (tertiary/aromatic N) is 4. The average molecular weight is 267 g/mol. The molecule has 1 aromatic heterocycles. The first-order chi connectivity index (χ1) is 8.88. The van der Waals surface area contributed by atoms with E-state index in [2.05, 4.69) is 19.8 Å². The van der Waals surface area contributed by atoms with Crippen LogP contribution in [-0.4, -0.2) is 47.1 Å². The second kappa shape index (κ2) is 5.41. The van der Waals surface area contributed by atoms with Crippen molar-refractivity contribution in [2.24, 2.45) is 0 Å². The second-order valence-electron chi connectivity index (χ2n) is 5.14. The molecule has 2 saturated heterocycles. The van der Waals surface area contributed by atoms with Crippen molar-refractivity contribution in [2.75, 3.05) is 31.1 Å². The van der Waals surface area contributed by atoms with E-state index in [0.717, 1.165) is 24.5 Å². The van der Waals surface area contributed by atoms with Gasteiger partial charge in [0.05, 0.1) is 5.88 Å². The van der Waals surface area contributed by atoms with E-state index in [9.17, 15) is 0 Å². The van der Waals surface area contributed by atoms with Crippen LogP contribution in [0.4, 0.5) is 5.82 Å². The van der Waals surface area contributed by atoms with Crippen LogP contribution in [0.2, 0.25) is 0 Å². The van der Waals surface area contributed by atoms with Crippen LogP contribution < -0.4 is 4.90 Å². The first-order valence-corrected chi connectivity index (χ1v) is 7.26. The van der Waals surface area contributed by atoms with Gasteiger partial charge in [-0.05, 0) is 25.8 Å². The molecule has 0 spiro atoms. The van der Waals surface area contributed by atoms with Crippen LogP contribution in [0.25, 0.3) is 0 Å². The maximum absolute atomic E-state index is 5.99. The van der Waals surface area contributed by atoms with Crippen molar-refractivity contribution >= 4 is 17.4 Å². The predicted octanol–water partition coefficient (Wildman–Crippen LogP) is 1.89. The van der Waals surface area contributed by atoms with Crippen molar-refractivity contribution in [1.29, 1.82) is 0 Å². The second-order valence-corrected chi connectivity index (χ2v) is 5.40. The Hall–Kier alpha value is -0.870. The molecular formula is C13H19ClN4. The number of fused-ring (bicyclic) bond motifs is 1. The van der Waals surface area contributed by atoms with Gasteiger partial charge in [0.2, 0.25) is 0 Å². The van der Waals surface area contributed by atoms with E-state index in [1.165, 1.54) is 32.4 Å². The van der Waals surface area contributed by atoms with Crippen molar-refractivity contribution in [2.45, 2.75) is 31.2 Å². The molecule has 0 amide bonds. The van der Waals surface area contributed by atoms with Gasteiger partial charge >= 0.3 is 0 Å². The zero-order chi connectivity index (χ0) is 12.4. The summed E-state index contributed by atoms with van der Waals surface area (Å²) in [6, 6.07) is 0.700. The van der Waals surface area contributed by atoms with E-state index in [-0.39, 0.29) is 0 Å². The van der Waals surface area contributed by atoms with Gasteiger partial charge in [0, 0.05) is 37.4 Å². The number of anilines is 1. The minimum absolute atomic E-state index is 0.487. The summed E-state index contributed by atoms with van der Waals surface area (Å²) in [4.78, 5) is 13.5. The molecule has 3 rings (SSSR count). The molecule has 18 heavy (non-hydrogen) atoms. The third-order valence-electron chi connectivity index (χ3n) is 4.01. The van der Waals surface area contributed by atoms with Gasteiger partial charge in [-0.3, -0.25) is 4.90 Å². The van der Waals surface area contributed by atoms with Gasteiger partial charge in [-0.2, -0.15) is 0 Å². The Morgan fingerprint density at radius 1 is 1.28 bits per heavy atom. The molecule has 4 nitrogen and oxygen atoms in total. The normalized spacial score (nSPS) is 24.9. The first-order valence-electron chi connectivity index (χ1n) is 6.72. The molecule has 2 aliphatic rings. The molecule has 1 aromatic rings. The fourth-order valence-corrected chi connectivity index (χ4v) is 3.32. The van der Waals surface area contributed by atoms with Crippen molar-refractivity contribution in [1.82, 2.24) is 14.9 Å². The number of rotatable bonds is 2. The van der Waals surface area contributed by atoms with Crippen LogP contribution >= 0.6 is 11.6 Å². The number of aromatic nitrogens is 2. The summed E-state index contributed by atoms with van der Waals surface area (Å²) in [5.74, 6) is 1.52. The molecule has 0 radical (unpaired) electrons. The van der Waals surface area contributed by atoms with Gasteiger partial charge in [-0.1, -0.05) is 0 Å². The van der Waals surface area contributed by atoms with Crippen LogP contribution in [0.1, 0.15) is 24.8 Å². The monoisotopic (exact) mass is 266 g/mol. The summed E-state index contributed by atoms with van der Waals surface area (Å²) in [5, 5.41) is 0. The maximum Gasteiger partial charge on any atom is 0.136 e. The summed E-state index contributed by atoms with van der Waals surface area (Å²) < 4.78 is 0. The summed E-state index contributed by atoms with van der Waals surface area (Å²) in [7, 11) is 0. The van der Waals surface area contributed by atoms with Gasteiger partial charge in [-0.15, -0.1) is 11.6 Å². The van der Waals surface area contributed by atoms with Gasteiger partial charge < -0.3 is 4.90 Å². The molecule has 98 valence electrons. The van der Waals surface area contributed by atoms with Gasteiger partial charge in [0.25, 0.3) is 0 Å². The van der Waals surface area contributed by atoms with E-state index in [0.29, 0.717) is 11.9 Å². The Kier molecular flexibility index (Phi) is 3.66. The minimum Gasteiger partial charge on any atom is -0.355 e. The van der Waals surface area contributed by atoms with Crippen molar-refractivity contribution < 1.29 is 0 Å². The quantitative estimate of drug-likeness (QED) is 0.766. The Morgan fingerprint density at radius 2 is 2.17 bits per heavy atom. The molecular weight excluding hydrogens is 248 g/mol. The van der Waals surface area contributed by atoms with E-state index in [1.807, 2.05) is 6.20 Å². The molecule has 0 N–H and O–H groups in total. The molecule has 2 aliphatic heterocycles. The summed E-state index contributed by atoms with van der Waals surface area (Å²) >= 11 is 5.99. The first kappa shape index (κ1) is 12.2. The fourth-order valence-electron chi connectivity index (χ4n) is 3.13. The number of hydrogen-bond acceptors (Lipinski definition) is 4. The summed E-state index contributed by atoms with van der Waals surface area (Å²) in [6.45, 7) is 4.65. The average Bonchev–Trinajstić information content (AvgIpc) is 2.76. The smallest absolute Gasteiger partial charge is 0.136 e. The highest BCUT2D eigenvalue weighted by Crippen LogP contribution is 2.26. The molecule has 0 bridgehead atoms. The highest BCUT2D eigenvalue weighted by molar-refractivity contribution is 6.17. The molecule has 2 fully saturated rings. The highest BCUT2D eigenvalue weighted by atomic mass is 35.5. The van der Waals surface area contributed by atoms with E-state index in [4.69, 9.17) is 11.6 Å². The standard InChI is InChI=1S/C13H19ClN4/c14-7-11-8-15-10-16-13(11)18-6-2-5-17-4-1-3-12(17)9-18/h8,10,12H,1-7,9H2. The summed E-state index contributed by atoms with van der Waals surface area (Å²) in [5.41, 5.74) is 1.05. The zero-order valence-corrected chi connectivity index (χ0v) is 11.3. The van der Waals surface area contributed by atoms with E-state index in [1.54, 1.807) is 6.33 Å². The zero-order valence-electron chi connectivity index (χ0n) is 10.6. The fraction of sp³-hybridized carbons (Fsp3) is 0.692. The third-order valence-corrected chi connectivity index (χ3v) is 4.30. The van der Waals surface area contributed by atoms with Crippen molar-refractivity contribution in [3.05, 3.63) is 18.1 Å². The Bertz CT molecular complexity index is 412. The topological polar surface area (TPSA) is 32.3 Å². The lowest BCUT2D eigenvalue weighted by Gasteiger charge is -2.27. The van der Waals surface area contributed by atoms with Gasteiger partial charge in [0.15, 0.2) is 0 Å². The lowest BCUT2D eigenvalue weighted by atomic mass is 10.2. The number of hydrogen-bond donors (Lipinski definition) is 0. The van der Waals surface area contributed by atoms with Gasteiger partial charge in [-0.25, -0.2) is 9.97 Å². The maximum atomic E-state index is 5.99. The SMILES string of the molecule is ClCc1cncnc1N1CCCN2CCCC2C1.